The summed E-state index contributed by atoms with van der Waals surface area (Å²) in [7, 11) is 1.63. The van der Waals surface area contributed by atoms with E-state index in [9.17, 15) is 4.79 Å². The van der Waals surface area contributed by atoms with E-state index in [4.69, 9.17) is 9.47 Å². The molecule has 3 rings (SSSR count). The third-order valence-corrected chi connectivity index (χ3v) is 4.16. The number of carbonyl (C=O) groups excluding carboxylic acids is 1. The molecule has 0 bridgehead atoms. The average Bonchev–Trinajstić information content (AvgIpc) is 3.05. The Labute approximate surface area is 153 Å². The number of amides is 1. The Morgan fingerprint density at radius 2 is 2.12 bits per heavy atom. The van der Waals surface area contributed by atoms with Crippen molar-refractivity contribution < 1.29 is 14.3 Å². The molecule has 1 atom stereocenters. The van der Waals surface area contributed by atoms with E-state index in [-0.39, 0.29) is 18.4 Å². The van der Waals surface area contributed by atoms with Crippen LogP contribution in [0.1, 0.15) is 35.3 Å². The highest BCUT2D eigenvalue weighted by Gasteiger charge is 2.20. The lowest BCUT2D eigenvalue weighted by molar-refractivity contribution is -0.121. The highest BCUT2D eigenvalue weighted by Crippen LogP contribution is 2.20. The summed E-state index contributed by atoms with van der Waals surface area (Å²) in [6.07, 6.45) is 1.95. The van der Waals surface area contributed by atoms with Crippen LogP contribution < -0.4 is 5.32 Å². The van der Waals surface area contributed by atoms with Crippen molar-refractivity contribution in [2.24, 2.45) is 4.99 Å². The van der Waals surface area contributed by atoms with Crippen LogP contribution in [0, 0.1) is 0 Å². The van der Waals surface area contributed by atoms with E-state index in [1.54, 1.807) is 13.3 Å². The number of hydrogen-bond donors (Lipinski definition) is 1. The number of rotatable bonds is 7. The van der Waals surface area contributed by atoms with Gasteiger partial charge in [-0.15, -0.1) is 0 Å². The van der Waals surface area contributed by atoms with Gasteiger partial charge in [0.1, 0.15) is 0 Å². The fourth-order valence-electron chi connectivity index (χ4n) is 2.95. The number of hydrogen-bond acceptors (Lipinski definition) is 5. The monoisotopic (exact) mass is 353 g/mol. The number of carbonyl (C=O) groups is 1. The summed E-state index contributed by atoms with van der Waals surface area (Å²) in [4.78, 5) is 21.2. The van der Waals surface area contributed by atoms with Gasteiger partial charge in [0.15, 0.2) is 0 Å². The van der Waals surface area contributed by atoms with Crippen molar-refractivity contribution in [1.29, 1.82) is 0 Å². The molecule has 6 nitrogen and oxygen atoms in total. The Balaban J connectivity index is 1.65. The van der Waals surface area contributed by atoms with Gasteiger partial charge in [0.05, 0.1) is 43.5 Å². The lowest BCUT2D eigenvalue weighted by Crippen LogP contribution is -2.32. The molecule has 2 heterocycles. The summed E-state index contributed by atoms with van der Waals surface area (Å²) >= 11 is 0. The van der Waals surface area contributed by atoms with Crippen LogP contribution >= 0.6 is 0 Å². The Kier molecular flexibility index (Phi) is 5.96. The lowest BCUT2D eigenvalue weighted by atomic mass is 10.1. The second-order valence-corrected chi connectivity index (χ2v) is 6.05. The molecule has 1 aromatic carbocycles. The number of benzene rings is 1. The van der Waals surface area contributed by atoms with Crippen LogP contribution in [0.2, 0.25) is 0 Å². The molecule has 1 amide bonds. The van der Waals surface area contributed by atoms with E-state index in [1.807, 2.05) is 43.3 Å². The topological polar surface area (TPSA) is 72.8 Å². The molecule has 0 fully saturated rings. The van der Waals surface area contributed by atoms with E-state index >= 15 is 0 Å². The van der Waals surface area contributed by atoms with Gasteiger partial charge in [-0.25, -0.2) is 4.99 Å². The number of aliphatic imine (C=N–C) groups is 1. The summed E-state index contributed by atoms with van der Waals surface area (Å²) in [6.45, 7) is 3.48. The molecule has 0 unspecified atom stereocenters. The van der Waals surface area contributed by atoms with Gasteiger partial charge in [0.25, 0.3) is 0 Å². The van der Waals surface area contributed by atoms with Crippen LogP contribution in [-0.2, 0) is 27.2 Å². The molecule has 136 valence electrons. The van der Waals surface area contributed by atoms with Gasteiger partial charge in [-0.05, 0) is 24.1 Å². The largest absolute Gasteiger partial charge is 0.478 e. The summed E-state index contributed by atoms with van der Waals surface area (Å²) in [5.41, 5.74) is 3.69. The number of methoxy groups -OCH3 is 1. The molecule has 0 saturated carbocycles. The molecule has 0 spiro atoms. The van der Waals surface area contributed by atoms with E-state index in [0.29, 0.717) is 25.7 Å². The number of nitrogens with one attached hydrogen (secondary N) is 1. The predicted octanol–water partition coefficient (Wildman–Crippen LogP) is 2.42. The molecule has 1 aliphatic rings. The van der Waals surface area contributed by atoms with Gasteiger partial charge in [0.2, 0.25) is 11.8 Å². The van der Waals surface area contributed by atoms with Gasteiger partial charge >= 0.3 is 0 Å². The zero-order valence-corrected chi connectivity index (χ0v) is 15.1. The Hall–Kier alpha value is -2.73. The van der Waals surface area contributed by atoms with Gasteiger partial charge in [0, 0.05) is 13.3 Å². The van der Waals surface area contributed by atoms with Gasteiger partial charge in [-0.3, -0.25) is 9.78 Å². The average molecular weight is 353 g/mol. The SMILES string of the molecule is CCOC1=NCc2cc(CC(=O)N[C@H](COC)c3ccccc3)ncc21. The van der Waals surface area contributed by atoms with E-state index in [0.717, 1.165) is 22.4 Å². The van der Waals surface area contributed by atoms with Crippen molar-refractivity contribution in [1.82, 2.24) is 10.3 Å². The van der Waals surface area contributed by atoms with Crippen LogP contribution in [0.3, 0.4) is 0 Å². The van der Waals surface area contributed by atoms with Crippen LogP contribution in [0.25, 0.3) is 0 Å². The van der Waals surface area contributed by atoms with Crippen molar-refractivity contribution in [3.8, 4) is 0 Å². The minimum Gasteiger partial charge on any atom is -0.478 e. The first-order valence-corrected chi connectivity index (χ1v) is 8.70. The third kappa shape index (κ3) is 4.26. The number of pyridine rings is 1. The summed E-state index contributed by atoms with van der Waals surface area (Å²) < 4.78 is 10.7. The maximum atomic E-state index is 12.5. The highest BCUT2D eigenvalue weighted by molar-refractivity contribution is 5.97. The van der Waals surface area contributed by atoms with Crippen LogP contribution in [0.4, 0.5) is 0 Å². The summed E-state index contributed by atoms with van der Waals surface area (Å²) in [5, 5.41) is 3.02. The maximum Gasteiger partial charge on any atom is 0.226 e. The lowest BCUT2D eigenvalue weighted by Gasteiger charge is -2.18. The van der Waals surface area contributed by atoms with Crippen molar-refractivity contribution in [2.45, 2.75) is 25.9 Å². The maximum absolute atomic E-state index is 12.5. The molecular weight excluding hydrogens is 330 g/mol. The van der Waals surface area contributed by atoms with Crippen LogP contribution in [0.5, 0.6) is 0 Å². The second-order valence-electron chi connectivity index (χ2n) is 6.05. The van der Waals surface area contributed by atoms with Gasteiger partial charge < -0.3 is 14.8 Å². The number of fused-ring (bicyclic) bond motifs is 1. The number of nitrogens with zero attached hydrogens (tertiary/aromatic N) is 2. The predicted molar refractivity (Wildman–Crippen MR) is 99.0 cm³/mol. The molecule has 6 heteroatoms. The Morgan fingerprint density at radius 3 is 2.85 bits per heavy atom. The molecule has 1 aromatic heterocycles. The van der Waals surface area contributed by atoms with Gasteiger partial charge in [-0.1, -0.05) is 30.3 Å². The Bertz CT molecular complexity index is 790. The minimum atomic E-state index is -0.184. The molecule has 1 N–H and O–H groups in total. The zero-order valence-electron chi connectivity index (χ0n) is 15.1. The first-order valence-electron chi connectivity index (χ1n) is 8.70. The summed E-state index contributed by atoms with van der Waals surface area (Å²) in [5.74, 6) is 0.544. The van der Waals surface area contributed by atoms with Crippen LogP contribution in [0.15, 0.2) is 47.6 Å². The second kappa shape index (κ2) is 8.58. The number of aromatic nitrogens is 1. The smallest absolute Gasteiger partial charge is 0.226 e. The molecule has 0 saturated heterocycles. The van der Waals surface area contributed by atoms with Crippen molar-refractivity contribution in [3.63, 3.8) is 0 Å². The summed E-state index contributed by atoms with van der Waals surface area (Å²) in [6, 6.07) is 11.5. The highest BCUT2D eigenvalue weighted by atomic mass is 16.5. The molecular formula is C20H23N3O3. The third-order valence-electron chi connectivity index (χ3n) is 4.16. The number of ether oxygens (including phenoxy) is 2. The quantitative estimate of drug-likeness (QED) is 0.830. The van der Waals surface area contributed by atoms with Crippen LogP contribution in [-0.4, -0.2) is 37.1 Å². The van der Waals surface area contributed by atoms with Crippen molar-refractivity contribution in [2.75, 3.05) is 20.3 Å². The van der Waals surface area contributed by atoms with Gasteiger partial charge in [-0.2, -0.15) is 0 Å². The Morgan fingerprint density at radius 1 is 1.31 bits per heavy atom. The van der Waals surface area contributed by atoms with E-state index < -0.39 is 0 Å². The molecule has 26 heavy (non-hydrogen) atoms. The van der Waals surface area contributed by atoms with Crippen molar-refractivity contribution >= 4 is 11.8 Å². The normalized spacial score (nSPS) is 13.7. The van der Waals surface area contributed by atoms with E-state index in [2.05, 4.69) is 15.3 Å². The standard InChI is InChI=1S/C20H23N3O3/c1-3-26-20-17-12-21-16(9-15(17)11-22-20)10-19(24)23-18(13-25-2)14-7-5-4-6-8-14/h4-9,12,18H,3,10-11,13H2,1-2H3,(H,23,24)/t18-/m1/s1. The molecule has 0 aliphatic carbocycles. The molecule has 1 aliphatic heterocycles. The van der Waals surface area contributed by atoms with Crippen molar-refractivity contribution in [3.05, 3.63) is 65.0 Å². The fourth-order valence-corrected chi connectivity index (χ4v) is 2.95. The first-order chi connectivity index (χ1) is 12.7. The molecule has 2 aromatic rings. The zero-order chi connectivity index (χ0) is 18.4. The fraction of sp³-hybridized carbons (Fsp3) is 0.350. The minimum absolute atomic E-state index is 0.0905. The van der Waals surface area contributed by atoms with E-state index in [1.165, 1.54) is 0 Å². The first kappa shape index (κ1) is 18.1. The molecule has 0 radical (unpaired) electrons.